The van der Waals surface area contributed by atoms with E-state index >= 15 is 0 Å². The molecule has 9 nitrogen and oxygen atoms in total. The molecule has 1 aliphatic heterocycles. The Morgan fingerprint density at radius 1 is 1.19 bits per heavy atom. The van der Waals surface area contributed by atoms with Gasteiger partial charge >= 0.3 is 5.97 Å². The van der Waals surface area contributed by atoms with Crippen molar-refractivity contribution in [3.05, 3.63) is 52.4 Å². The van der Waals surface area contributed by atoms with Crippen LogP contribution in [0.25, 0.3) is 6.08 Å². The van der Waals surface area contributed by atoms with Gasteiger partial charge in [-0.25, -0.2) is 4.79 Å². The lowest BCUT2D eigenvalue weighted by molar-refractivity contribution is -0.126. The fourth-order valence-electron chi connectivity index (χ4n) is 2.71. The summed E-state index contributed by atoms with van der Waals surface area (Å²) in [5.74, 6) is -2.62. The number of anilines is 1. The highest BCUT2D eigenvalue weighted by atomic mass is 32.2. The fourth-order valence-corrected chi connectivity index (χ4v) is 3.96. The minimum Gasteiger partial charge on any atom is -0.507 e. The first kappa shape index (κ1) is 22.1. The molecule has 1 fully saturated rings. The second-order valence-corrected chi connectivity index (χ2v) is 7.96. The van der Waals surface area contributed by atoms with Crippen molar-refractivity contribution < 1.29 is 34.4 Å². The Hall–Kier alpha value is -3.57. The number of amides is 2. The van der Waals surface area contributed by atoms with E-state index in [0.29, 0.717) is 10.5 Å². The predicted octanol–water partition coefficient (Wildman–Crippen LogP) is 2.64. The Morgan fingerprint density at radius 2 is 1.94 bits per heavy atom. The molecule has 2 aromatic carbocycles. The van der Waals surface area contributed by atoms with Crippen LogP contribution in [0.1, 0.15) is 15.9 Å². The van der Waals surface area contributed by atoms with Gasteiger partial charge in [0.2, 0.25) is 5.91 Å². The van der Waals surface area contributed by atoms with Crippen molar-refractivity contribution in [1.82, 2.24) is 4.90 Å². The molecule has 0 atom stereocenters. The number of aromatic hydroxyl groups is 2. The number of carboxylic acids is 1. The number of carbonyl (C=O) groups excluding carboxylic acids is 2. The van der Waals surface area contributed by atoms with Crippen LogP contribution in [0.15, 0.2) is 41.3 Å². The van der Waals surface area contributed by atoms with Crippen LogP contribution in [0.2, 0.25) is 0 Å². The number of hydrogen-bond donors (Lipinski definition) is 4. The lowest BCUT2D eigenvalue weighted by Gasteiger charge is -2.14. The number of ether oxygens (including phenoxy) is 1. The van der Waals surface area contributed by atoms with E-state index in [4.69, 9.17) is 22.1 Å². The molecule has 0 aliphatic carbocycles. The second-order valence-electron chi connectivity index (χ2n) is 6.28. The van der Waals surface area contributed by atoms with Gasteiger partial charge in [-0.15, -0.1) is 0 Å². The summed E-state index contributed by atoms with van der Waals surface area (Å²) in [6.45, 7) is -0.359. The van der Waals surface area contributed by atoms with Gasteiger partial charge in [-0.05, 0) is 35.9 Å². The monoisotopic (exact) mass is 460 g/mol. The molecule has 2 aromatic rings. The smallest absolute Gasteiger partial charge is 0.339 e. The maximum atomic E-state index is 12.7. The number of thioether (sulfide) groups is 1. The molecular weight excluding hydrogens is 444 g/mol. The van der Waals surface area contributed by atoms with E-state index in [1.165, 1.54) is 19.2 Å². The van der Waals surface area contributed by atoms with Gasteiger partial charge < -0.3 is 25.4 Å². The Bertz CT molecular complexity index is 1130. The minimum atomic E-state index is -1.30. The third kappa shape index (κ3) is 4.95. The molecule has 0 bridgehead atoms. The van der Waals surface area contributed by atoms with E-state index in [0.717, 1.165) is 28.8 Å². The molecule has 0 aromatic heterocycles. The van der Waals surface area contributed by atoms with Crippen molar-refractivity contribution in [2.75, 3.05) is 19.0 Å². The molecule has 0 unspecified atom stereocenters. The first-order chi connectivity index (χ1) is 14.7. The van der Waals surface area contributed by atoms with Gasteiger partial charge in [0, 0.05) is 11.8 Å². The van der Waals surface area contributed by atoms with Gasteiger partial charge in [0.15, 0.2) is 11.5 Å². The lowest BCUT2D eigenvalue weighted by Crippen LogP contribution is -2.36. The predicted molar refractivity (Wildman–Crippen MR) is 118 cm³/mol. The Labute approximate surface area is 185 Å². The number of rotatable bonds is 6. The summed E-state index contributed by atoms with van der Waals surface area (Å²) in [5.41, 5.74) is 0.476. The summed E-state index contributed by atoms with van der Waals surface area (Å²) >= 11 is 6.24. The van der Waals surface area contributed by atoms with Crippen molar-refractivity contribution in [2.45, 2.75) is 0 Å². The molecule has 31 heavy (non-hydrogen) atoms. The van der Waals surface area contributed by atoms with Gasteiger partial charge in [-0.1, -0.05) is 30.0 Å². The first-order valence-electron chi connectivity index (χ1n) is 8.68. The molecule has 1 heterocycles. The van der Waals surface area contributed by atoms with E-state index < -0.39 is 23.5 Å². The van der Waals surface area contributed by atoms with E-state index in [-0.39, 0.29) is 33.6 Å². The number of carbonyl (C=O) groups is 3. The van der Waals surface area contributed by atoms with Crippen molar-refractivity contribution in [1.29, 1.82) is 0 Å². The Kier molecular flexibility index (Phi) is 6.47. The average Bonchev–Trinajstić information content (AvgIpc) is 2.96. The van der Waals surface area contributed by atoms with Gasteiger partial charge in [0.25, 0.3) is 5.91 Å². The molecule has 4 N–H and O–H groups in total. The summed E-state index contributed by atoms with van der Waals surface area (Å²) in [7, 11) is 1.41. The van der Waals surface area contributed by atoms with Crippen LogP contribution in [0, 0.1) is 0 Å². The normalized spacial score (nSPS) is 14.7. The third-order valence-electron chi connectivity index (χ3n) is 4.19. The number of carboxylic acid groups (broad SMARTS) is 1. The van der Waals surface area contributed by atoms with Crippen molar-refractivity contribution in [3.8, 4) is 17.2 Å². The highest BCUT2D eigenvalue weighted by Gasteiger charge is 2.33. The number of nitrogens with zero attached hydrogens (tertiary/aromatic N) is 1. The van der Waals surface area contributed by atoms with Crippen molar-refractivity contribution >= 4 is 57.8 Å². The van der Waals surface area contributed by atoms with Crippen LogP contribution in [-0.4, -0.2) is 56.0 Å². The molecule has 0 spiro atoms. The number of nitrogens with one attached hydrogen (secondary N) is 1. The van der Waals surface area contributed by atoms with E-state index in [1.54, 1.807) is 18.2 Å². The highest BCUT2D eigenvalue weighted by molar-refractivity contribution is 8.26. The van der Waals surface area contributed by atoms with Gasteiger partial charge in [0.1, 0.15) is 22.2 Å². The van der Waals surface area contributed by atoms with Crippen molar-refractivity contribution in [2.24, 2.45) is 0 Å². The number of methoxy groups -OCH3 is 1. The summed E-state index contributed by atoms with van der Waals surface area (Å²) in [5, 5.41) is 30.8. The number of hydrogen-bond acceptors (Lipinski definition) is 8. The zero-order valence-corrected chi connectivity index (χ0v) is 17.6. The standard InChI is InChI=1S/C20H16N2O7S2/c1-29-15-6-10(2-5-13(15)23)7-16-18(26)22(20(30)31-16)9-17(25)21-11-3-4-12(19(27)28)14(24)8-11/h2-8,23-24H,9H2,1H3,(H,21,25)(H,27,28). The van der Waals surface area contributed by atoms with Crippen LogP contribution in [0.4, 0.5) is 5.69 Å². The molecular formula is C20H16N2O7S2. The van der Waals surface area contributed by atoms with Crippen LogP contribution in [0.5, 0.6) is 17.2 Å². The highest BCUT2D eigenvalue weighted by Crippen LogP contribution is 2.34. The van der Waals surface area contributed by atoms with Crippen LogP contribution >= 0.6 is 24.0 Å². The molecule has 0 radical (unpaired) electrons. The van der Waals surface area contributed by atoms with Crippen LogP contribution < -0.4 is 10.1 Å². The topological polar surface area (TPSA) is 136 Å². The minimum absolute atomic E-state index is 0.0358. The second kappa shape index (κ2) is 9.06. The molecule has 2 amide bonds. The summed E-state index contributed by atoms with van der Waals surface area (Å²) < 4.78 is 5.24. The Morgan fingerprint density at radius 3 is 2.58 bits per heavy atom. The molecule has 1 saturated heterocycles. The zero-order chi connectivity index (χ0) is 22.7. The van der Waals surface area contributed by atoms with Gasteiger partial charge in [-0.2, -0.15) is 0 Å². The zero-order valence-electron chi connectivity index (χ0n) is 16.0. The lowest BCUT2D eigenvalue weighted by atomic mass is 10.2. The SMILES string of the molecule is COc1cc(C=C2SC(=S)N(CC(=O)Nc3ccc(C(=O)O)c(O)c3)C2=O)ccc1O. The fraction of sp³-hybridized carbons (Fsp3) is 0.100. The maximum absolute atomic E-state index is 12.7. The number of phenols is 2. The van der Waals surface area contributed by atoms with E-state index in [2.05, 4.69) is 5.32 Å². The Balaban J connectivity index is 1.70. The number of thiocarbonyl (C=S) groups is 1. The van der Waals surface area contributed by atoms with Gasteiger partial charge in [-0.3, -0.25) is 14.5 Å². The van der Waals surface area contributed by atoms with Gasteiger partial charge in [0.05, 0.1) is 12.0 Å². The largest absolute Gasteiger partial charge is 0.507 e. The molecule has 3 rings (SSSR count). The van der Waals surface area contributed by atoms with Crippen LogP contribution in [-0.2, 0) is 9.59 Å². The number of benzene rings is 2. The summed E-state index contributed by atoms with van der Waals surface area (Å²) in [6.07, 6.45) is 1.57. The molecule has 11 heteroatoms. The third-order valence-corrected chi connectivity index (χ3v) is 5.57. The number of aromatic carboxylic acids is 1. The summed E-state index contributed by atoms with van der Waals surface area (Å²) in [6, 6.07) is 8.17. The van der Waals surface area contributed by atoms with E-state index in [1.807, 2.05) is 0 Å². The maximum Gasteiger partial charge on any atom is 0.339 e. The summed E-state index contributed by atoms with van der Waals surface area (Å²) in [4.78, 5) is 37.4. The van der Waals surface area contributed by atoms with E-state index in [9.17, 15) is 24.6 Å². The first-order valence-corrected chi connectivity index (χ1v) is 9.90. The molecule has 160 valence electrons. The van der Waals surface area contributed by atoms with Crippen LogP contribution in [0.3, 0.4) is 0 Å². The average molecular weight is 460 g/mol. The molecule has 1 aliphatic rings. The molecule has 0 saturated carbocycles. The number of phenolic OH excluding ortho intramolecular Hbond substituents is 1. The quantitative estimate of drug-likeness (QED) is 0.379. The van der Waals surface area contributed by atoms with Crippen molar-refractivity contribution in [3.63, 3.8) is 0 Å².